The highest BCUT2D eigenvalue weighted by Crippen LogP contribution is 2.29. The molecule has 1 fully saturated rings. The number of sulfonamides is 1. The van der Waals surface area contributed by atoms with Crippen molar-refractivity contribution < 1.29 is 21.6 Å². The number of hydrogen-bond donors (Lipinski definition) is 3. The summed E-state index contributed by atoms with van der Waals surface area (Å²) in [6.45, 7) is 0.713. The zero-order chi connectivity index (χ0) is 21.8. The third kappa shape index (κ3) is 7.65. The van der Waals surface area contributed by atoms with Crippen LogP contribution in [0.5, 0.6) is 0 Å². The molecule has 3 N–H and O–H groups in total. The van der Waals surface area contributed by atoms with Gasteiger partial charge in [0.2, 0.25) is 10.0 Å². The number of aliphatic imine (C=N–C) groups is 1. The fourth-order valence-electron chi connectivity index (χ4n) is 2.68. The summed E-state index contributed by atoms with van der Waals surface area (Å²) in [4.78, 5) is 4.30. The van der Waals surface area contributed by atoms with Crippen molar-refractivity contribution in [1.82, 2.24) is 15.4 Å². The van der Waals surface area contributed by atoms with Gasteiger partial charge in [0.25, 0.3) is 0 Å². The molecule has 0 amide bonds. The molecule has 11 heteroatoms. The summed E-state index contributed by atoms with van der Waals surface area (Å²) in [7, 11) is -1.89. The van der Waals surface area contributed by atoms with Gasteiger partial charge in [0.15, 0.2) is 5.96 Å². The van der Waals surface area contributed by atoms with E-state index in [4.69, 9.17) is 0 Å². The standard InChI is InChI=1S/C20H23F3N4O2S.HI/c1-24-19(25-12-14-2-6-16(7-3-14)20(21,22)23)26-13-15-4-10-18(11-5-15)30(28,29)27-17-8-9-17;/h2-7,10-11,17,27H,8-9,12-13H2,1H3,(H2,24,25,26);1H. The van der Waals surface area contributed by atoms with E-state index in [0.29, 0.717) is 24.6 Å². The Morgan fingerprint density at radius 1 is 0.968 bits per heavy atom. The molecule has 0 radical (unpaired) electrons. The van der Waals surface area contributed by atoms with Crippen LogP contribution >= 0.6 is 24.0 Å². The molecule has 2 aromatic carbocycles. The monoisotopic (exact) mass is 568 g/mol. The van der Waals surface area contributed by atoms with E-state index >= 15 is 0 Å². The molecule has 3 rings (SSSR count). The largest absolute Gasteiger partial charge is 0.416 e. The van der Waals surface area contributed by atoms with Gasteiger partial charge in [0.05, 0.1) is 10.5 Å². The molecule has 0 aliphatic heterocycles. The zero-order valence-electron chi connectivity index (χ0n) is 16.7. The van der Waals surface area contributed by atoms with Crippen LogP contribution in [0.1, 0.15) is 29.5 Å². The van der Waals surface area contributed by atoms with E-state index in [1.165, 1.54) is 12.1 Å². The van der Waals surface area contributed by atoms with Gasteiger partial charge in [-0.1, -0.05) is 24.3 Å². The lowest BCUT2D eigenvalue weighted by Crippen LogP contribution is -2.36. The van der Waals surface area contributed by atoms with E-state index in [1.807, 2.05) is 0 Å². The lowest BCUT2D eigenvalue weighted by molar-refractivity contribution is -0.137. The molecule has 0 aromatic heterocycles. The lowest BCUT2D eigenvalue weighted by Gasteiger charge is -2.13. The molecule has 1 aliphatic carbocycles. The summed E-state index contributed by atoms with van der Waals surface area (Å²) in [5, 5.41) is 6.12. The van der Waals surface area contributed by atoms with Crippen LogP contribution in [0.3, 0.4) is 0 Å². The first kappa shape index (κ1) is 25.4. The van der Waals surface area contributed by atoms with Crippen LogP contribution in [-0.4, -0.2) is 27.5 Å². The number of hydrogen-bond acceptors (Lipinski definition) is 3. The highest BCUT2D eigenvalue weighted by molar-refractivity contribution is 14.0. The molecule has 1 saturated carbocycles. The SMILES string of the molecule is CN=C(NCc1ccc(C(F)(F)F)cc1)NCc1ccc(S(=O)(=O)NC2CC2)cc1.I. The topological polar surface area (TPSA) is 82.6 Å². The van der Waals surface area contributed by atoms with Gasteiger partial charge in [0, 0.05) is 26.2 Å². The number of benzene rings is 2. The van der Waals surface area contributed by atoms with E-state index in [1.54, 1.807) is 31.3 Å². The zero-order valence-corrected chi connectivity index (χ0v) is 19.9. The van der Waals surface area contributed by atoms with E-state index in [-0.39, 0.29) is 34.9 Å². The molecule has 0 heterocycles. The average Bonchev–Trinajstić information content (AvgIpc) is 3.51. The fraction of sp³-hybridized carbons (Fsp3) is 0.350. The van der Waals surface area contributed by atoms with E-state index < -0.39 is 21.8 Å². The molecule has 1 aliphatic rings. The number of alkyl halides is 3. The predicted molar refractivity (Wildman–Crippen MR) is 124 cm³/mol. The van der Waals surface area contributed by atoms with Crippen molar-refractivity contribution in [1.29, 1.82) is 0 Å². The molecule has 0 spiro atoms. The minimum Gasteiger partial charge on any atom is -0.352 e. The Morgan fingerprint density at radius 3 is 1.87 bits per heavy atom. The summed E-state index contributed by atoms with van der Waals surface area (Å²) >= 11 is 0. The number of guanidine groups is 1. The maximum atomic E-state index is 12.6. The lowest BCUT2D eigenvalue weighted by atomic mass is 10.1. The summed E-state index contributed by atoms with van der Waals surface area (Å²) in [6.07, 6.45) is -2.61. The first-order valence-corrected chi connectivity index (χ1v) is 10.9. The second kappa shape index (κ2) is 10.6. The Morgan fingerprint density at radius 2 is 1.45 bits per heavy atom. The van der Waals surface area contributed by atoms with Crippen LogP contribution in [-0.2, 0) is 29.3 Å². The van der Waals surface area contributed by atoms with Gasteiger partial charge < -0.3 is 10.6 Å². The Bertz CT molecular complexity index is 991. The van der Waals surface area contributed by atoms with Crippen LogP contribution in [0.25, 0.3) is 0 Å². The van der Waals surface area contributed by atoms with E-state index in [0.717, 1.165) is 30.5 Å². The molecule has 2 aromatic rings. The van der Waals surface area contributed by atoms with Crippen LogP contribution in [0.2, 0.25) is 0 Å². The molecule has 170 valence electrons. The minimum absolute atomic E-state index is 0. The molecular weight excluding hydrogens is 544 g/mol. The number of nitrogens with zero attached hydrogens (tertiary/aromatic N) is 1. The number of halogens is 4. The maximum absolute atomic E-state index is 12.6. The molecular formula is C20H24F3IN4O2S. The van der Waals surface area contributed by atoms with Crippen molar-refractivity contribution >= 4 is 40.0 Å². The number of nitrogens with one attached hydrogen (secondary N) is 3. The van der Waals surface area contributed by atoms with Crippen LogP contribution in [0.15, 0.2) is 58.4 Å². The second-order valence-electron chi connectivity index (χ2n) is 7.01. The summed E-state index contributed by atoms with van der Waals surface area (Å²) in [5.41, 5.74) is 0.855. The Kier molecular flexibility index (Phi) is 8.72. The van der Waals surface area contributed by atoms with Crippen molar-refractivity contribution in [2.45, 2.75) is 43.0 Å². The Hall–Kier alpha value is -1.86. The maximum Gasteiger partial charge on any atom is 0.416 e. The molecule has 6 nitrogen and oxygen atoms in total. The highest BCUT2D eigenvalue weighted by atomic mass is 127. The van der Waals surface area contributed by atoms with Gasteiger partial charge in [-0.05, 0) is 48.2 Å². The van der Waals surface area contributed by atoms with Gasteiger partial charge in [-0.3, -0.25) is 4.99 Å². The summed E-state index contributed by atoms with van der Waals surface area (Å²) < 4.78 is 64.9. The van der Waals surface area contributed by atoms with Gasteiger partial charge in [0.1, 0.15) is 0 Å². The van der Waals surface area contributed by atoms with Crippen molar-refractivity contribution in [3.63, 3.8) is 0 Å². The third-order valence-corrected chi connectivity index (χ3v) is 6.09. The van der Waals surface area contributed by atoms with Crippen molar-refractivity contribution in [3.8, 4) is 0 Å². The van der Waals surface area contributed by atoms with Crippen LogP contribution in [0, 0.1) is 0 Å². The van der Waals surface area contributed by atoms with Crippen molar-refractivity contribution in [2.75, 3.05) is 7.05 Å². The van der Waals surface area contributed by atoms with Gasteiger partial charge >= 0.3 is 6.18 Å². The average molecular weight is 568 g/mol. The molecule has 31 heavy (non-hydrogen) atoms. The Labute approximate surface area is 196 Å². The van der Waals surface area contributed by atoms with Crippen molar-refractivity contribution in [3.05, 3.63) is 65.2 Å². The Balaban J connectivity index is 0.00000341. The molecule has 0 bridgehead atoms. The van der Waals surface area contributed by atoms with Gasteiger partial charge in [-0.2, -0.15) is 13.2 Å². The van der Waals surface area contributed by atoms with Crippen LogP contribution < -0.4 is 15.4 Å². The smallest absolute Gasteiger partial charge is 0.352 e. The second-order valence-corrected chi connectivity index (χ2v) is 8.73. The van der Waals surface area contributed by atoms with E-state index in [9.17, 15) is 21.6 Å². The molecule has 0 saturated heterocycles. The van der Waals surface area contributed by atoms with Crippen LogP contribution in [0.4, 0.5) is 13.2 Å². The van der Waals surface area contributed by atoms with Gasteiger partial charge in [-0.15, -0.1) is 24.0 Å². The van der Waals surface area contributed by atoms with Crippen molar-refractivity contribution in [2.24, 2.45) is 4.99 Å². The fourth-order valence-corrected chi connectivity index (χ4v) is 3.98. The first-order valence-electron chi connectivity index (χ1n) is 9.39. The molecule has 0 unspecified atom stereocenters. The number of rotatable bonds is 7. The van der Waals surface area contributed by atoms with Gasteiger partial charge in [-0.25, -0.2) is 13.1 Å². The third-order valence-electron chi connectivity index (χ3n) is 4.56. The minimum atomic E-state index is -4.35. The summed E-state index contributed by atoms with van der Waals surface area (Å²) in [5.74, 6) is 0.474. The van der Waals surface area contributed by atoms with E-state index in [2.05, 4.69) is 20.3 Å². The summed E-state index contributed by atoms with van der Waals surface area (Å²) in [6, 6.07) is 11.5. The normalized spacial score (nSPS) is 14.6. The predicted octanol–water partition coefficient (Wildman–Crippen LogP) is 3.63. The molecule has 0 atom stereocenters. The quantitative estimate of drug-likeness (QED) is 0.271. The highest BCUT2D eigenvalue weighted by Gasteiger charge is 2.30. The first-order chi connectivity index (χ1) is 14.2.